The first-order valence-electron chi connectivity index (χ1n) is 18.7. The van der Waals surface area contributed by atoms with Gasteiger partial charge < -0.3 is 4.90 Å². The molecule has 0 saturated heterocycles. The average Bonchev–Trinajstić information content (AvgIpc) is 3.95. The van der Waals surface area contributed by atoms with Crippen molar-refractivity contribution in [3.8, 4) is 16.8 Å². The molecular weight excluding hydrogens is 721 g/mol. The first-order valence-corrected chi connectivity index (χ1v) is 20.4. The molecule has 3 aromatic heterocycles. The Morgan fingerprint density at radius 1 is 0.357 bits per heavy atom. The van der Waals surface area contributed by atoms with Gasteiger partial charge in [0, 0.05) is 57.4 Å². The molecule has 0 amide bonds. The fraction of sp³-hybridized carbons (Fsp3) is 0. The minimum Gasteiger partial charge on any atom is -0.310 e. The SMILES string of the molecule is c1ccc2nn(-c3ccc(-c4ccc(N(c5ccc6cc7sc8ccccc8c7cc6c5)c5ccc6cc7sc8ccccc8c7cc6c5)cc4)cc3)nc2c1. The summed E-state index contributed by atoms with van der Waals surface area (Å²) in [5, 5.41) is 19.5. The zero-order valence-corrected chi connectivity index (χ0v) is 31.6. The lowest BCUT2D eigenvalue weighted by molar-refractivity contribution is 0.766. The Morgan fingerprint density at radius 3 is 1.36 bits per heavy atom. The quantitative estimate of drug-likeness (QED) is 0.176. The van der Waals surface area contributed by atoms with Crippen LogP contribution < -0.4 is 4.90 Å². The molecule has 0 N–H and O–H groups in total. The Bertz CT molecular complexity index is 3300. The number of thiophene rings is 2. The summed E-state index contributed by atoms with van der Waals surface area (Å²) in [5.41, 5.74) is 8.32. The third-order valence-electron chi connectivity index (χ3n) is 11.0. The number of nitrogens with zero attached hydrogens (tertiary/aromatic N) is 4. The van der Waals surface area contributed by atoms with E-state index in [0.29, 0.717) is 0 Å². The van der Waals surface area contributed by atoms with Gasteiger partial charge in [-0.05, 0) is 130 Å². The van der Waals surface area contributed by atoms with Gasteiger partial charge in [0.2, 0.25) is 0 Å². The predicted octanol–water partition coefficient (Wildman–Crippen LogP) is 14.6. The molecular formula is C50H30N4S2. The van der Waals surface area contributed by atoms with Crippen molar-refractivity contribution < 1.29 is 0 Å². The molecule has 3 heterocycles. The van der Waals surface area contributed by atoms with Gasteiger partial charge in [0.1, 0.15) is 11.0 Å². The van der Waals surface area contributed by atoms with Crippen LogP contribution in [0.5, 0.6) is 0 Å². The molecule has 4 nitrogen and oxygen atoms in total. The highest BCUT2D eigenvalue weighted by atomic mass is 32.1. The van der Waals surface area contributed by atoms with E-state index in [9.17, 15) is 0 Å². The van der Waals surface area contributed by atoms with E-state index in [-0.39, 0.29) is 0 Å². The molecule has 0 unspecified atom stereocenters. The highest BCUT2D eigenvalue weighted by Gasteiger charge is 2.17. The van der Waals surface area contributed by atoms with Crippen LogP contribution in [0.25, 0.3) is 89.7 Å². The van der Waals surface area contributed by atoms with Gasteiger partial charge in [0.05, 0.1) is 5.69 Å². The molecule has 0 aliphatic carbocycles. The van der Waals surface area contributed by atoms with Crippen molar-refractivity contribution in [2.45, 2.75) is 0 Å². The lowest BCUT2D eigenvalue weighted by atomic mass is 10.0. The molecule has 0 aliphatic heterocycles. The average molecular weight is 751 g/mol. The second-order valence-electron chi connectivity index (χ2n) is 14.4. The number of aromatic nitrogens is 3. The van der Waals surface area contributed by atoms with Gasteiger partial charge in [0.25, 0.3) is 0 Å². The van der Waals surface area contributed by atoms with E-state index in [1.54, 1.807) is 4.80 Å². The van der Waals surface area contributed by atoms with Gasteiger partial charge in [-0.3, -0.25) is 0 Å². The minimum absolute atomic E-state index is 0.885. The fourth-order valence-corrected chi connectivity index (χ4v) is 10.5. The van der Waals surface area contributed by atoms with E-state index in [0.717, 1.165) is 44.9 Å². The molecule has 0 atom stereocenters. The normalized spacial score (nSPS) is 11.9. The maximum atomic E-state index is 4.66. The van der Waals surface area contributed by atoms with Crippen LogP contribution in [-0.4, -0.2) is 15.0 Å². The van der Waals surface area contributed by atoms with Crippen LogP contribution in [0.3, 0.4) is 0 Å². The zero-order chi connectivity index (χ0) is 36.7. The molecule has 6 heteroatoms. The number of anilines is 3. The Kier molecular flexibility index (Phi) is 6.93. The monoisotopic (exact) mass is 750 g/mol. The number of rotatable bonds is 5. The van der Waals surface area contributed by atoms with Gasteiger partial charge in [-0.1, -0.05) is 84.9 Å². The Labute approximate surface area is 329 Å². The van der Waals surface area contributed by atoms with E-state index >= 15 is 0 Å². The summed E-state index contributed by atoms with van der Waals surface area (Å²) in [6, 6.07) is 66.0. The second kappa shape index (κ2) is 12.3. The highest BCUT2D eigenvalue weighted by Crippen LogP contribution is 2.42. The van der Waals surface area contributed by atoms with Gasteiger partial charge in [-0.2, -0.15) is 4.80 Å². The van der Waals surface area contributed by atoms with Crippen molar-refractivity contribution in [1.29, 1.82) is 0 Å². The van der Waals surface area contributed by atoms with Crippen molar-refractivity contribution >= 4 is 113 Å². The zero-order valence-electron chi connectivity index (χ0n) is 29.9. The second-order valence-corrected chi connectivity index (χ2v) is 16.5. The largest absolute Gasteiger partial charge is 0.310 e. The molecule has 9 aromatic carbocycles. The molecule has 0 radical (unpaired) electrons. The summed E-state index contributed by atoms with van der Waals surface area (Å²) in [6.07, 6.45) is 0. The third kappa shape index (κ3) is 5.11. The van der Waals surface area contributed by atoms with Gasteiger partial charge in [-0.15, -0.1) is 32.9 Å². The van der Waals surface area contributed by atoms with E-state index in [4.69, 9.17) is 0 Å². The highest BCUT2D eigenvalue weighted by molar-refractivity contribution is 7.26. The molecule has 0 aliphatic rings. The maximum absolute atomic E-state index is 4.66. The van der Waals surface area contributed by atoms with E-state index in [1.165, 1.54) is 61.9 Å². The van der Waals surface area contributed by atoms with Crippen LogP contribution in [0, 0.1) is 0 Å². The predicted molar refractivity (Wildman–Crippen MR) is 240 cm³/mol. The summed E-state index contributed by atoms with van der Waals surface area (Å²) in [5.74, 6) is 0. The van der Waals surface area contributed by atoms with Crippen molar-refractivity contribution in [2.75, 3.05) is 4.90 Å². The van der Waals surface area contributed by atoms with Crippen LogP contribution in [0.4, 0.5) is 17.1 Å². The molecule has 0 spiro atoms. The Morgan fingerprint density at radius 2 is 0.821 bits per heavy atom. The number of hydrogen-bond donors (Lipinski definition) is 0. The molecule has 56 heavy (non-hydrogen) atoms. The summed E-state index contributed by atoms with van der Waals surface area (Å²) < 4.78 is 5.29. The third-order valence-corrected chi connectivity index (χ3v) is 13.3. The molecule has 0 bridgehead atoms. The molecule has 0 saturated carbocycles. The Hall–Kier alpha value is -6.86. The van der Waals surface area contributed by atoms with Crippen molar-refractivity contribution in [1.82, 2.24) is 15.0 Å². The van der Waals surface area contributed by atoms with Gasteiger partial charge in [0.15, 0.2) is 0 Å². The van der Waals surface area contributed by atoms with Crippen LogP contribution in [-0.2, 0) is 0 Å². The molecule has 262 valence electrons. The van der Waals surface area contributed by atoms with E-state index in [2.05, 4.69) is 173 Å². The number of hydrogen-bond acceptors (Lipinski definition) is 5. The van der Waals surface area contributed by atoms with Crippen molar-refractivity contribution in [3.63, 3.8) is 0 Å². The standard InChI is InChI=1S/C50H30N4S2/c1-5-11-47-41(7-1)43-27-35-25-39(23-17-33(35)29-49(43)55-47)53(40-24-18-34-30-50-44(28-36(34)26-40)42-8-2-6-12-48(42)56-50)37-19-13-31(14-20-37)32-15-21-38(22-16-32)54-51-45-9-3-4-10-46(45)52-54/h1-30H. The van der Waals surface area contributed by atoms with Gasteiger partial charge in [-0.25, -0.2) is 0 Å². The first-order chi connectivity index (χ1) is 27.7. The Balaban J connectivity index is 0.972. The summed E-state index contributed by atoms with van der Waals surface area (Å²) >= 11 is 3.73. The number of fused-ring (bicyclic) bond motifs is 9. The lowest BCUT2D eigenvalue weighted by Gasteiger charge is -2.26. The van der Waals surface area contributed by atoms with E-state index < -0.39 is 0 Å². The smallest absolute Gasteiger partial charge is 0.113 e. The van der Waals surface area contributed by atoms with Crippen LogP contribution in [0.2, 0.25) is 0 Å². The van der Waals surface area contributed by atoms with Crippen LogP contribution >= 0.6 is 22.7 Å². The van der Waals surface area contributed by atoms with E-state index in [1.807, 2.05) is 46.9 Å². The fourth-order valence-electron chi connectivity index (χ4n) is 8.20. The first kappa shape index (κ1) is 31.5. The topological polar surface area (TPSA) is 34.0 Å². The van der Waals surface area contributed by atoms with Crippen LogP contribution in [0.15, 0.2) is 182 Å². The van der Waals surface area contributed by atoms with Crippen molar-refractivity contribution in [3.05, 3.63) is 182 Å². The minimum atomic E-state index is 0.885. The summed E-state index contributed by atoms with van der Waals surface area (Å²) in [6.45, 7) is 0. The summed E-state index contributed by atoms with van der Waals surface area (Å²) in [7, 11) is 0. The van der Waals surface area contributed by atoms with Gasteiger partial charge >= 0.3 is 0 Å². The van der Waals surface area contributed by atoms with Crippen molar-refractivity contribution in [2.24, 2.45) is 0 Å². The summed E-state index contributed by atoms with van der Waals surface area (Å²) in [4.78, 5) is 4.10. The number of benzene rings is 9. The molecule has 12 rings (SSSR count). The maximum Gasteiger partial charge on any atom is 0.113 e. The van der Waals surface area contributed by atoms with Crippen LogP contribution in [0.1, 0.15) is 0 Å². The molecule has 0 fully saturated rings. The molecule has 12 aromatic rings. The lowest BCUT2D eigenvalue weighted by Crippen LogP contribution is -2.09.